The zero-order valence-corrected chi connectivity index (χ0v) is 27.7. The number of nitrogens with zero attached hydrogens (tertiary/aromatic N) is 1. The molecule has 0 rings (SSSR count). The molecular weight excluding hydrogens is 534 g/mol. The Morgan fingerprint density at radius 3 is 1.79 bits per heavy atom. The number of carbonyl (C=O) groups excluding carboxylic acids is 2. The van der Waals surface area contributed by atoms with Crippen molar-refractivity contribution in [2.75, 3.05) is 41.0 Å². The lowest BCUT2D eigenvalue weighted by molar-refractivity contribution is -0.887. The molecule has 0 heterocycles. The summed E-state index contributed by atoms with van der Waals surface area (Å²) in [4.78, 5) is 36.4. The molecule has 0 aliphatic rings. The SMILES string of the molecule is CCCC/C=C/CCCCCCC(=O)OC(COCCC(C(=O)O)[N+](C)(C)C)COC(=O)CCCCCCCCCC. The van der Waals surface area contributed by atoms with Crippen molar-refractivity contribution in [2.24, 2.45) is 0 Å². The summed E-state index contributed by atoms with van der Waals surface area (Å²) >= 11 is 0. The summed E-state index contributed by atoms with van der Waals surface area (Å²) in [7, 11) is 5.50. The molecule has 1 N–H and O–H groups in total. The molecule has 0 aliphatic heterocycles. The van der Waals surface area contributed by atoms with Crippen molar-refractivity contribution in [1.82, 2.24) is 0 Å². The quantitative estimate of drug-likeness (QED) is 0.0409. The Hall–Kier alpha value is -1.93. The lowest BCUT2D eigenvalue weighted by atomic mass is 10.1. The minimum atomic E-state index is -0.878. The van der Waals surface area contributed by atoms with Gasteiger partial charge in [0.25, 0.3) is 0 Å². The topological polar surface area (TPSA) is 99.1 Å². The van der Waals surface area contributed by atoms with E-state index in [9.17, 15) is 19.5 Å². The van der Waals surface area contributed by atoms with Gasteiger partial charge >= 0.3 is 17.9 Å². The molecule has 0 aromatic heterocycles. The second kappa shape index (κ2) is 26.7. The number of unbranched alkanes of at least 4 members (excludes halogenated alkanes) is 13. The summed E-state index contributed by atoms with van der Waals surface area (Å²) in [5.74, 6) is -1.49. The number of hydrogen-bond donors (Lipinski definition) is 1. The molecule has 2 unspecified atom stereocenters. The van der Waals surface area contributed by atoms with E-state index in [0.29, 0.717) is 19.3 Å². The van der Waals surface area contributed by atoms with Gasteiger partial charge in [0.15, 0.2) is 12.1 Å². The van der Waals surface area contributed by atoms with E-state index in [1.165, 1.54) is 44.9 Å². The molecule has 0 bridgehead atoms. The first kappa shape index (κ1) is 40.1. The average molecular weight is 599 g/mol. The smallest absolute Gasteiger partial charge is 0.362 e. The first-order valence-corrected chi connectivity index (χ1v) is 16.7. The number of carboxylic acid groups (broad SMARTS) is 1. The van der Waals surface area contributed by atoms with E-state index >= 15 is 0 Å². The van der Waals surface area contributed by atoms with Gasteiger partial charge < -0.3 is 23.8 Å². The molecule has 2 atom stereocenters. The third kappa shape index (κ3) is 24.6. The monoisotopic (exact) mass is 598 g/mol. The second-order valence-electron chi connectivity index (χ2n) is 12.4. The number of carboxylic acids is 1. The highest BCUT2D eigenvalue weighted by Gasteiger charge is 2.31. The van der Waals surface area contributed by atoms with Crippen LogP contribution in [0, 0.1) is 0 Å². The predicted octanol–water partition coefficient (Wildman–Crippen LogP) is 7.63. The van der Waals surface area contributed by atoms with E-state index in [-0.39, 0.29) is 36.2 Å². The number of quaternary nitrogens is 1. The summed E-state index contributed by atoms with van der Waals surface area (Å²) in [5, 5.41) is 9.53. The Morgan fingerprint density at radius 2 is 1.21 bits per heavy atom. The maximum atomic E-state index is 12.5. The minimum Gasteiger partial charge on any atom is -0.477 e. The molecule has 0 fully saturated rings. The molecule has 0 saturated heterocycles. The van der Waals surface area contributed by atoms with Crippen molar-refractivity contribution < 1.29 is 38.2 Å². The van der Waals surface area contributed by atoms with Gasteiger partial charge in [0.1, 0.15) is 6.61 Å². The van der Waals surface area contributed by atoms with Crippen molar-refractivity contribution in [3.05, 3.63) is 12.2 Å². The molecule has 0 saturated carbocycles. The number of rotatable bonds is 29. The van der Waals surface area contributed by atoms with Crippen molar-refractivity contribution in [1.29, 1.82) is 0 Å². The second-order valence-corrected chi connectivity index (χ2v) is 12.4. The van der Waals surface area contributed by atoms with Crippen LogP contribution in [0.15, 0.2) is 12.2 Å². The van der Waals surface area contributed by atoms with Crippen LogP contribution in [0.3, 0.4) is 0 Å². The fourth-order valence-corrected chi connectivity index (χ4v) is 4.72. The molecule has 0 spiro atoms. The Bertz CT molecular complexity index is 717. The zero-order valence-electron chi connectivity index (χ0n) is 27.7. The maximum Gasteiger partial charge on any atom is 0.362 e. The van der Waals surface area contributed by atoms with Crippen LogP contribution in [0.4, 0.5) is 0 Å². The van der Waals surface area contributed by atoms with Crippen LogP contribution < -0.4 is 0 Å². The highest BCUT2D eigenvalue weighted by molar-refractivity contribution is 5.72. The third-order valence-corrected chi connectivity index (χ3v) is 7.41. The van der Waals surface area contributed by atoms with Crippen LogP contribution in [0.2, 0.25) is 0 Å². The lowest BCUT2D eigenvalue weighted by Gasteiger charge is -2.31. The number of aliphatic carboxylic acids is 1. The Balaban J connectivity index is 4.51. The summed E-state index contributed by atoms with van der Waals surface area (Å²) < 4.78 is 17.1. The van der Waals surface area contributed by atoms with Crippen molar-refractivity contribution in [2.45, 2.75) is 148 Å². The number of hydrogen-bond acceptors (Lipinski definition) is 6. The summed E-state index contributed by atoms with van der Waals surface area (Å²) in [6.07, 6.45) is 22.6. The van der Waals surface area contributed by atoms with E-state index in [1.54, 1.807) is 0 Å². The molecule has 0 aromatic rings. The highest BCUT2D eigenvalue weighted by atomic mass is 16.6. The van der Waals surface area contributed by atoms with Crippen LogP contribution in [0.25, 0.3) is 0 Å². The molecule has 0 radical (unpaired) electrons. The maximum absolute atomic E-state index is 12.5. The van der Waals surface area contributed by atoms with Gasteiger partial charge in [-0.25, -0.2) is 4.79 Å². The van der Waals surface area contributed by atoms with Crippen LogP contribution in [0.5, 0.6) is 0 Å². The average Bonchev–Trinajstić information content (AvgIpc) is 2.92. The molecule has 8 heteroatoms. The molecule has 8 nitrogen and oxygen atoms in total. The van der Waals surface area contributed by atoms with Crippen LogP contribution in [0.1, 0.15) is 136 Å². The van der Waals surface area contributed by atoms with Crippen molar-refractivity contribution in [3.63, 3.8) is 0 Å². The van der Waals surface area contributed by atoms with E-state index in [1.807, 2.05) is 21.1 Å². The van der Waals surface area contributed by atoms with Crippen LogP contribution in [-0.4, -0.2) is 80.6 Å². The van der Waals surface area contributed by atoms with Gasteiger partial charge in [-0.15, -0.1) is 0 Å². The fraction of sp³-hybridized carbons (Fsp3) is 0.853. The highest BCUT2D eigenvalue weighted by Crippen LogP contribution is 2.12. The van der Waals surface area contributed by atoms with E-state index in [0.717, 1.165) is 57.8 Å². The minimum absolute atomic E-state index is 0.0519. The lowest BCUT2D eigenvalue weighted by Crippen LogP contribution is -2.50. The first-order valence-electron chi connectivity index (χ1n) is 16.7. The normalized spacial score (nSPS) is 13.3. The van der Waals surface area contributed by atoms with Crippen LogP contribution >= 0.6 is 0 Å². The van der Waals surface area contributed by atoms with Gasteiger partial charge in [-0.1, -0.05) is 96.6 Å². The molecular formula is C34H64NO7+. The summed E-state index contributed by atoms with van der Waals surface area (Å²) in [6, 6.07) is -0.609. The standard InChI is InChI=1S/C34H63NO7/c1-6-8-10-12-14-16-17-19-21-23-25-33(37)42-30(28-40-27-26-31(34(38)39)35(3,4)5)29-41-32(36)24-22-20-18-15-13-11-9-7-2/h12,14,30-31H,6-11,13,15-29H2,1-5H3/p+1/b14-12+. The zero-order chi connectivity index (χ0) is 31.5. The Kier molecular flexibility index (Phi) is 25.5. The Labute approximate surface area is 257 Å². The predicted molar refractivity (Wildman–Crippen MR) is 169 cm³/mol. The molecule has 0 aromatic carbocycles. The van der Waals surface area contributed by atoms with Gasteiger partial charge in [0.2, 0.25) is 0 Å². The number of allylic oxidation sites excluding steroid dienone is 2. The van der Waals surface area contributed by atoms with Gasteiger partial charge in [-0.3, -0.25) is 9.59 Å². The number of ether oxygens (including phenoxy) is 3. The molecule has 246 valence electrons. The van der Waals surface area contributed by atoms with Gasteiger partial charge in [0, 0.05) is 19.3 Å². The van der Waals surface area contributed by atoms with E-state index in [4.69, 9.17) is 14.2 Å². The van der Waals surface area contributed by atoms with Gasteiger partial charge in [0.05, 0.1) is 34.4 Å². The van der Waals surface area contributed by atoms with Crippen LogP contribution in [-0.2, 0) is 28.6 Å². The number of carbonyl (C=O) groups is 3. The summed E-state index contributed by atoms with van der Waals surface area (Å²) in [5.41, 5.74) is 0. The van der Waals surface area contributed by atoms with Crippen molar-refractivity contribution >= 4 is 17.9 Å². The number of likely N-dealkylation sites (N-methyl/N-ethyl adjacent to an activating group) is 1. The number of esters is 2. The molecule has 0 aliphatic carbocycles. The Morgan fingerprint density at radius 1 is 0.690 bits per heavy atom. The largest absolute Gasteiger partial charge is 0.477 e. The van der Waals surface area contributed by atoms with Crippen molar-refractivity contribution in [3.8, 4) is 0 Å². The van der Waals surface area contributed by atoms with Gasteiger partial charge in [-0.2, -0.15) is 0 Å². The molecule has 0 amide bonds. The molecule has 42 heavy (non-hydrogen) atoms. The van der Waals surface area contributed by atoms with E-state index < -0.39 is 18.1 Å². The fourth-order valence-electron chi connectivity index (χ4n) is 4.72. The third-order valence-electron chi connectivity index (χ3n) is 7.41. The summed E-state index contributed by atoms with van der Waals surface area (Å²) in [6.45, 7) is 4.62. The van der Waals surface area contributed by atoms with E-state index in [2.05, 4.69) is 26.0 Å². The first-order chi connectivity index (χ1) is 20.1. The van der Waals surface area contributed by atoms with Gasteiger partial charge in [-0.05, 0) is 32.1 Å².